The van der Waals surface area contributed by atoms with Gasteiger partial charge in [0, 0.05) is 18.3 Å². The van der Waals surface area contributed by atoms with Gasteiger partial charge in [0.05, 0.1) is 31.4 Å². The summed E-state index contributed by atoms with van der Waals surface area (Å²) in [6, 6.07) is -10.4. The molecule has 0 radical (unpaired) electrons. The smallest absolute Gasteiger partial charge is 0.326 e. The molecule has 0 aliphatic heterocycles. The average Bonchev–Trinajstić information content (AvgIpc) is 3.71. The van der Waals surface area contributed by atoms with Crippen LogP contribution in [0.25, 0.3) is 0 Å². The quantitative estimate of drug-likeness (QED) is 0.0385. The summed E-state index contributed by atoms with van der Waals surface area (Å²) in [5.41, 5.74) is 11.3. The number of primary amides is 1. The standard InChI is InChI=1S/C40H68N12O12/c1-10-20(6)31(38(61)49-26(11-18(2)3)37(60)52-32(23(9)53)39(62)50-28(40(63)64)12-19(4)5)51-30(55)16-44-33(56)21(7)46-34(57)22(8)47-36(59)27(13-24-15-43-17-45-24)48-35(58)25(41)14-29(42)54/h15,17-23,25-28,31-32,53H,10-14,16,41H2,1-9H3,(H2,42,54)(H,43,45)(H,44,56)(H,46,57)(H,47,59)(H,48,58)(H,49,61)(H,50,62)(H,51,55)(H,52,60)(H,63,64)/t20-,21-,22-,23+,25-,26-,27-,28-,31-,32-/m0/s1. The van der Waals surface area contributed by atoms with Crippen LogP contribution >= 0.6 is 0 Å². The van der Waals surface area contributed by atoms with E-state index in [4.69, 9.17) is 11.5 Å². The molecule has 24 heteroatoms. The molecule has 0 fully saturated rings. The van der Waals surface area contributed by atoms with Crippen molar-refractivity contribution in [2.75, 3.05) is 6.54 Å². The van der Waals surface area contributed by atoms with E-state index < -0.39 is 132 Å². The maximum atomic E-state index is 13.7. The van der Waals surface area contributed by atoms with E-state index in [1.54, 1.807) is 41.5 Å². The summed E-state index contributed by atoms with van der Waals surface area (Å²) in [5, 5.41) is 39.6. The van der Waals surface area contributed by atoms with Crippen molar-refractivity contribution < 1.29 is 58.2 Å². The van der Waals surface area contributed by atoms with Gasteiger partial charge in [-0.3, -0.25) is 43.2 Å². The SMILES string of the molecule is CC[C@H](C)[C@H](NC(=O)CNC(=O)[C@H](C)NC(=O)[C@H](C)NC(=O)[C@H](Cc1cnc[nH]1)NC(=O)[C@@H](N)CC(N)=O)C(=O)N[C@@H](CC(C)C)C(=O)N[C@H](C(=O)N[C@@H](CC(C)C)C(=O)O)[C@@H](C)O. The van der Waals surface area contributed by atoms with Gasteiger partial charge in [0.2, 0.25) is 53.2 Å². The highest BCUT2D eigenvalue weighted by atomic mass is 16.4. The summed E-state index contributed by atoms with van der Waals surface area (Å²) >= 11 is 0. The molecule has 0 saturated carbocycles. The molecule has 360 valence electrons. The predicted octanol–water partition coefficient (Wildman–Crippen LogP) is -3.69. The number of nitrogens with two attached hydrogens (primary N) is 2. The number of aromatic amines is 1. The first-order chi connectivity index (χ1) is 29.8. The van der Waals surface area contributed by atoms with E-state index in [1.807, 2.05) is 0 Å². The van der Waals surface area contributed by atoms with Crippen LogP contribution in [0.2, 0.25) is 0 Å². The largest absolute Gasteiger partial charge is 0.480 e. The van der Waals surface area contributed by atoms with Crippen molar-refractivity contribution in [1.29, 1.82) is 0 Å². The molecular weight excluding hydrogens is 841 g/mol. The maximum absolute atomic E-state index is 13.7. The molecule has 0 saturated heterocycles. The van der Waals surface area contributed by atoms with Gasteiger partial charge in [-0.05, 0) is 51.4 Å². The molecule has 64 heavy (non-hydrogen) atoms. The molecule has 0 unspecified atom stereocenters. The van der Waals surface area contributed by atoms with Gasteiger partial charge >= 0.3 is 5.97 Å². The van der Waals surface area contributed by atoms with Gasteiger partial charge in [0.25, 0.3) is 0 Å². The summed E-state index contributed by atoms with van der Waals surface area (Å²) in [6.45, 7) is 13.8. The number of hydrogen-bond donors (Lipinski definition) is 13. The lowest BCUT2D eigenvalue weighted by Gasteiger charge is -2.29. The molecule has 9 amide bonds. The van der Waals surface area contributed by atoms with E-state index in [0.29, 0.717) is 12.1 Å². The molecule has 15 N–H and O–H groups in total. The van der Waals surface area contributed by atoms with E-state index in [-0.39, 0.29) is 31.1 Å². The molecule has 1 rings (SSSR count). The molecule has 0 aliphatic carbocycles. The molecule has 1 heterocycles. The van der Waals surface area contributed by atoms with Crippen molar-refractivity contribution in [3.63, 3.8) is 0 Å². The lowest BCUT2D eigenvalue weighted by molar-refractivity contribution is -0.143. The number of carbonyl (C=O) groups is 10. The molecule has 0 spiro atoms. The van der Waals surface area contributed by atoms with E-state index in [2.05, 4.69) is 52.5 Å². The zero-order valence-corrected chi connectivity index (χ0v) is 37.9. The summed E-state index contributed by atoms with van der Waals surface area (Å²) in [4.78, 5) is 135. The van der Waals surface area contributed by atoms with Crippen molar-refractivity contribution in [1.82, 2.24) is 52.5 Å². The Kier molecular flexibility index (Phi) is 23.7. The third-order valence-corrected chi connectivity index (χ3v) is 9.83. The normalized spacial score (nSPS) is 15.9. The average molecular weight is 909 g/mol. The van der Waals surface area contributed by atoms with Gasteiger partial charge in [-0.25, -0.2) is 9.78 Å². The molecule has 0 aromatic carbocycles. The van der Waals surface area contributed by atoms with Crippen molar-refractivity contribution in [2.24, 2.45) is 29.2 Å². The van der Waals surface area contributed by atoms with E-state index >= 15 is 0 Å². The van der Waals surface area contributed by atoms with Crippen LogP contribution in [-0.4, -0.2) is 140 Å². The van der Waals surface area contributed by atoms with Crippen LogP contribution in [-0.2, 0) is 54.4 Å². The Bertz CT molecular complexity index is 1770. The highest BCUT2D eigenvalue weighted by Crippen LogP contribution is 2.12. The van der Waals surface area contributed by atoms with Crippen molar-refractivity contribution in [3.8, 4) is 0 Å². The number of aliphatic hydroxyl groups is 1. The topological polar surface area (TPSA) is 388 Å². The van der Waals surface area contributed by atoms with Crippen molar-refractivity contribution in [2.45, 2.75) is 149 Å². The third kappa shape index (κ3) is 19.9. The second-order valence-corrected chi connectivity index (χ2v) is 16.7. The summed E-state index contributed by atoms with van der Waals surface area (Å²) in [7, 11) is 0. The van der Waals surface area contributed by atoms with Gasteiger partial charge in [0.15, 0.2) is 0 Å². The number of rotatable bonds is 28. The minimum atomic E-state index is -1.57. The minimum Gasteiger partial charge on any atom is -0.480 e. The second-order valence-electron chi connectivity index (χ2n) is 16.7. The Balaban J connectivity index is 2.96. The molecule has 1 aromatic rings. The molecule has 24 nitrogen and oxygen atoms in total. The summed E-state index contributed by atoms with van der Waals surface area (Å²) < 4.78 is 0. The first-order valence-corrected chi connectivity index (χ1v) is 21.1. The zero-order chi connectivity index (χ0) is 49.0. The van der Waals surface area contributed by atoms with E-state index in [0.717, 1.165) is 0 Å². The van der Waals surface area contributed by atoms with Crippen LogP contribution in [0.3, 0.4) is 0 Å². The van der Waals surface area contributed by atoms with Gasteiger partial charge in [0.1, 0.15) is 42.3 Å². The molecule has 0 aliphatic rings. The summed E-state index contributed by atoms with van der Waals surface area (Å²) in [6.07, 6.45) is 1.31. The van der Waals surface area contributed by atoms with Gasteiger partial charge in [-0.1, -0.05) is 48.0 Å². The van der Waals surface area contributed by atoms with Crippen LogP contribution in [0.1, 0.15) is 93.7 Å². The second kappa shape index (κ2) is 27.1. The van der Waals surface area contributed by atoms with Gasteiger partial charge in [-0.2, -0.15) is 0 Å². The molecule has 1 aromatic heterocycles. The molecule has 10 atom stereocenters. The number of aliphatic hydroxyl groups excluding tert-OH is 1. The number of aliphatic carboxylic acids is 1. The monoisotopic (exact) mass is 909 g/mol. The lowest BCUT2D eigenvalue weighted by atomic mass is 9.96. The predicted molar refractivity (Wildman–Crippen MR) is 230 cm³/mol. The fourth-order valence-electron chi connectivity index (χ4n) is 6.02. The number of hydrogen-bond acceptors (Lipinski definition) is 13. The number of nitrogens with one attached hydrogen (secondary N) is 9. The molecular formula is C40H68N12O12. The van der Waals surface area contributed by atoms with Crippen molar-refractivity contribution in [3.05, 3.63) is 18.2 Å². The summed E-state index contributed by atoms with van der Waals surface area (Å²) in [5.74, 6) is -9.45. The Morgan fingerprint density at radius 2 is 1.17 bits per heavy atom. The first kappa shape index (κ1) is 55.8. The Morgan fingerprint density at radius 3 is 1.69 bits per heavy atom. The van der Waals surface area contributed by atoms with E-state index in [9.17, 15) is 58.2 Å². The van der Waals surface area contributed by atoms with Crippen molar-refractivity contribution >= 4 is 59.1 Å². The number of carbonyl (C=O) groups excluding carboxylic acids is 9. The third-order valence-electron chi connectivity index (χ3n) is 9.83. The van der Waals surface area contributed by atoms with Crippen LogP contribution < -0.4 is 54.0 Å². The Hall–Kier alpha value is -6.17. The van der Waals surface area contributed by atoms with E-state index in [1.165, 1.54) is 33.3 Å². The fourth-order valence-corrected chi connectivity index (χ4v) is 6.02. The van der Waals surface area contributed by atoms with Crippen LogP contribution in [0, 0.1) is 17.8 Å². The zero-order valence-electron chi connectivity index (χ0n) is 37.9. The highest BCUT2D eigenvalue weighted by Gasteiger charge is 2.35. The minimum absolute atomic E-state index is 0.0788. The highest BCUT2D eigenvalue weighted by molar-refractivity contribution is 5.97. The number of imidazole rings is 1. The molecule has 0 bridgehead atoms. The number of amides is 9. The Morgan fingerprint density at radius 1 is 0.656 bits per heavy atom. The lowest BCUT2D eigenvalue weighted by Crippen LogP contribution is -2.61. The van der Waals surface area contributed by atoms with Crippen LogP contribution in [0.15, 0.2) is 12.5 Å². The van der Waals surface area contributed by atoms with Gasteiger partial charge in [-0.15, -0.1) is 0 Å². The number of nitrogens with zero attached hydrogens (tertiary/aromatic N) is 1. The number of aromatic nitrogens is 2. The number of carboxylic acids is 1. The Labute approximate surface area is 372 Å². The first-order valence-electron chi connectivity index (χ1n) is 21.1. The van der Waals surface area contributed by atoms with Gasteiger partial charge < -0.3 is 69.2 Å². The maximum Gasteiger partial charge on any atom is 0.326 e. The number of H-pyrrole nitrogens is 1. The number of carboxylic acid groups (broad SMARTS) is 1. The fraction of sp³-hybridized carbons (Fsp3) is 0.675. The van der Waals surface area contributed by atoms with Crippen LogP contribution in [0.4, 0.5) is 0 Å². The van der Waals surface area contributed by atoms with Crippen LogP contribution in [0.5, 0.6) is 0 Å².